The molecule has 0 amide bonds. The Kier molecular flexibility index (Phi) is 7.28. The van der Waals surface area contributed by atoms with Crippen LogP contribution >= 0.6 is 35.6 Å². The van der Waals surface area contributed by atoms with Crippen molar-refractivity contribution in [1.29, 1.82) is 0 Å². The number of nitrogens with zero attached hydrogens (tertiary/aromatic N) is 2. The molecular weight excluding hydrogens is 505 g/mol. The van der Waals surface area contributed by atoms with Crippen LogP contribution in [-0.4, -0.2) is 26.8 Å². The summed E-state index contributed by atoms with van der Waals surface area (Å²) in [5.74, 6) is 0.740. The van der Waals surface area contributed by atoms with E-state index < -0.39 is 11.7 Å². The maximum atomic E-state index is 11.2. The molecule has 3 heterocycles. The summed E-state index contributed by atoms with van der Waals surface area (Å²) < 4.78 is 6.21. The molecule has 182 valence electrons. The van der Waals surface area contributed by atoms with Crippen LogP contribution in [-0.2, 0) is 6.54 Å². The lowest BCUT2D eigenvalue weighted by atomic mass is 9.85. The lowest BCUT2D eigenvalue weighted by molar-refractivity contribution is -0.0647. The van der Waals surface area contributed by atoms with Crippen LogP contribution in [0.4, 0.5) is 0 Å². The van der Waals surface area contributed by atoms with Gasteiger partial charge in [-0.15, -0.1) is 12.4 Å². The molecule has 2 unspecified atom stereocenters. The minimum absolute atomic E-state index is 0. The average molecular weight is 531 g/mol. The number of hydrogen-bond acceptors (Lipinski definition) is 5. The standard InChI is InChI=1S/C27H25Cl2N3O2.ClH/c1-15-10-24(29)32-22-11-20-23(12-19(15)22)34-27(2,3)26(33)25(20)31-14-16-4-9-21(30-13-16)17-5-7-18(28)8-6-17;/h4-13,25-26,31,33H,14H2,1-3H3;1H. The topological polar surface area (TPSA) is 67.3 Å². The van der Waals surface area contributed by atoms with Gasteiger partial charge in [-0.25, -0.2) is 4.98 Å². The molecule has 2 N–H and O–H groups in total. The van der Waals surface area contributed by atoms with E-state index in [0.29, 0.717) is 16.7 Å². The molecule has 5 nitrogen and oxygen atoms in total. The zero-order chi connectivity index (χ0) is 24.0. The van der Waals surface area contributed by atoms with Crippen LogP contribution < -0.4 is 10.1 Å². The van der Waals surface area contributed by atoms with E-state index in [2.05, 4.69) is 15.3 Å². The van der Waals surface area contributed by atoms with Gasteiger partial charge < -0.3 is 15.2 Å². The van der Waals surface area contributed by atoms with E-state index in [-0.39, 0.29) is 18.4 Å². The SMILES string of the molecule is Cc1cc(Cl)nc2cc3c(cc12)OC(C)(C)C(O)C3NCc1ccc(-c2ccc(Cl)cc2)nc1.Cl. The quantitative estimate of drug-likeness (QED) is 0.288. The molecule has 8 heteroatoms. The molecule has 1 aliphatic heterocycles. The Balaban J connectivity index is 0.00000289. The number of aryl methyl sites for hydroxylation is 1. The molecule has 0 spiro atoms. The number of nitrogens with one attached hydrogen (secondary N) is 1. The predicted molar refractivity (Wildman–Crippen MR) is 144 cm³/mol. The van der Waals surface area contributed by atoms with Gasteiger partial charge in [0.15, 0.2) is 0 Å². The first-order valence-electron chi connectivity index (χ1n) is 11.1. The van der Waals surface area contributed by atoms with Gasteiger partial charge in [-0.3, -0.25) is 4.98 Å². The van der Waals surface area contributed by atoms with E-state index in [1.807, 2.05) is 81.6 Å². The lowest BCUT2D eigenvalue weighted by Crippen LogP contribution is -2.52. The Morgan fingerprint density at radius 1 is 1.06 bits per heavy atom. The largest absolute Gasteiger partial charge is 0.485 e. The highest BCUT2D eigenvalue weighted by atomic mass is 35.5. The summed E-state index contributed by atoms with van der Waals surface area (Å²) in [6.45, 7) is 6.33. The van der Waals surface area contributed by atoms with Crippen molar-refractivity contribution in [2.45, 2.75) is 45.1 Å². The van der Waals surface area contributed by atoms with Crippen molar-refractivity contribution >= 4 is 46.5 Å². The second-order valence-electron chi connectivity index (χ2n) is 9.24. The summed E-state index contributed by atoms with van der Waals surface area (Å²) in [5, 5.41) is 16.8. The van der Waals surface area contributed by atoms with E-state index in [1.54, 1.807) is 0 Å². The van der Waals surface area contributed by atoms with Crippen molar-refractivity contribution in [1.82, 2.24) is 15.3 Å². The monoisotopic (exact) mass is 529 g/mol. The molecule has 0 aliphatic carbocycles. The molecule has 0 saturated carbocycles. The fourth-order valence-electron chi connectivity index (χ4n) is 4.41. The third-order valence-electron chi connectivity index (χ3n) is 6.34. The van der Waals surface area contributed by atoms with E-state index >= 15 is 0 Å². The number of ether oxygens (including phenoxy) is 1. The van der Waals surface area contributed by atoms with Crippen LogP contribution in [0.5, 0.6) is 5.75 Å². The second-order valence-corrected chi connectivity index (χ2v) is 10.1. The third kappa shape index (κ3) is 5.11. The van der Waals surface area contributed by atoms with Crippen molar-refractivity contribution in [2.24, 2.45) is 0 Å². The molecule has 2 aromatic carbocycles. The lowest BCUT2D eigenvalue weighted by Gasteiger charge is -2.42. The second kappa shape index (κ2) is 9.92. The van der Waals surface area contributed by atoms with Gasteiger partial charge in [0.2, 0.25) is 0 Å². The summed E-state index contributed by atoms with van der Waals surface area (Å²) in [4.78, 5) is 9.08. The molecular formula is C27H26Cl3N3O2. The van der Waals surface area contributed by atoms with Crippen molar-refractivity contribution in [3.05, 3.63) is 87.7 Å². The van der Waals surface area contributed by atoms with Gasteiger partial charge in [0, 0.05) is 34.3 Å². The van der Waals surface area contributed by atoms with Crippen molar-refractivity contribution in [3.8, 4) is 17.0 Å². The zero-order valence-corrected chi connectivity index (χ0v) is 21.9. The van der Waals surface area contributed by atoms with Crippen LogP contribution in [0.25, 0.3) is 22.2 Å². The number of pyridine rings is 2. The Hall–Kier alpha value is -2.41. The van der Waals surface area contributed by atoms with E-state index in [4.69, 9.17) is 27.9 Å². The normalized spacial score (nSPS) is 18.5. The van der Waals surface area contributed by atoms with Gasteiger partial charge in [-0.1, -0.05) is 41.4 Å². The van der Waals surface area contributed by atoms with Gasteiger partial charge in [-0.2, -0.15) is 0 Å². The van der Waals surface area contributed by atoms with Crippen molar-refractivity contribution < 1.29 is 9.84 Å². The molecule has 2 aromatic heterocycles. The minimum Gasteiger partial charge on any atom is -0.485 e. The first-order chi connectivity index (χ1) is 16.2. The van der Waals surface area contributed by atoms with Crippen LogP contribution in [0, 0.1) is 6.92 Å². The summed E-state index contributed by atoms with van der Waals surface area (Å²) in [7, 11) is 0. The summed E-state index contributed by atoms with van der Waals surface area (Å²) in [6, 6.07) is 17.1. The first-order valence-corrected chi connectivity index (χ1v) is 11.9. The smallest absolute Gasteiger partial charge is 0.131 e. The third-order valence-corrected chi connectivity index (χ3v) is 6.79. The molecule has 1 aliphatic rings. The van der Waals surface area contributed by atoms with Crippen molar-refractivity contribution in [2.75, 3.05) is 0 Å². The van der Waals surface area contributed by atoms with Crippen LogP contribution in [0.15, 0.2) is 60.8 Å². The number of halogens is 3. The zero-order valence-electron chi connectivity index (χ0n) is 19.5. The molecule has 2 atom stereocenters. The summed E-state index contributed by atoms with van der Waals surface area (Å²) in [5.41, 5.74) is 4.80. The molecule has 4 aromatic rings. The fourth-order valence-corrected chi connectivity index (χ4v) is 4.79. The highest BCUT2D eigenvalue weighted by Gasteiger charge is 2.43. The highest BCUT2D eigenvalue weighted by molar-refractivity contribution is 6.30. The molecule has 0 saturated heterocycles. The van der Waals surface area contributed by atoms with Crippen LogP contribution in [0.2, 0.25) is 10.2 Å². The number of aliphatic hydroxyl groups is 1. The Morgan fingerprint density at radius 3 is 2.49 bits per heavy atom. The van der Waals surface area contributed by atoms with E-state index in [0.717, 1.165) is 44.6 Å². The number of benzene rings is 2. The Bertz CT molecular complexity index is 1360. The van der Waals surface area contributed by atoms with Gasteiger partial charge in [0.1, 0.15) is 22.6 Å². The number of fused-ring (bicyclic) bond motifs is 2. The van der Waals surface area contributed by atoms with Crippen LogP contribution in [0.1, 0.15) is 36.6 Å². The van der Waals surface area contributed by atoms with Gasteiger partial charge >= 0.3 is 0 Å². The summed E-state index contributed by atoms with van der Waals surface area (Å²) in [6.07, 6.45) is 1.08. The number of hydrogen-bond donors (Lipinski definition) is 2. The van der Waals surface area contributed by atoms with E-state index in [9.17, 15) is 5.11 Å². The summed E-state index contributed by atoms with van der Waals surface area (Å²) >= 11 is 12.2. The molecule has 0 fully saturated rings. The molecule has 0 bridgehead atoms. The number of aromatic nitrogens is 2. The first kappa shape index (κ1) is 25.7. The predicted octanol–water partition coefficient (Wildman–Crippen LogP) is 6.70. The number of aliphatic hydroxyl groups excluding tert-OH is 1. The highest BCUT2D eigenvalue weighted by Crippen LogP contribution is 2.42. The maximum Gasteiger partial charge on any atom is 0.131 e. The van der Waals surface area contributed by atoms with Crippen molar-refractivity contribution in [3.63, 3.8) is 0 Å². The fraction of sp³-hybridized carbons (Fsp3) is 0.259. The van der Waals surface area contributed by atoms with E-state index in [1.165, 1.54) is 0 Å². The van der Waals surface area contributed by atoms with Gasteiger partial charge in [0.05, 0.1) is 17.3 Å². The van der Waals surface area contributed by atoms with Crippen LogP contribution in [0.3, 0.4) is 0 Å². The van der Waals surface area contributed by atoms with Gasteiger partial charge in [0.25, 0.3) is 0 Å². The number of rotatable bonds is 4. The Labute approximate surface area is 220 Å². The maximum absolute atomic E-state index is 11.2. The molecule has 5 rings (SSSR count). The molecule has 35 heavy (non-hydrogen) atoms. The minimum atomic E-state index is -0.765. The average Bonchev–Trinajstić information content (AvgIpc) is 2.80. The van der Waals surface area contributed by atoms with Gasteiger partial charge in [-0.05, 0) is 68.3 Å². The Morgan fingerprint density at radius 2 is 1.80 bits per heavy atom. The molecule has 0 radical (unpaired) electrons.